The smallest absolute Gasteiger partial charge is 0.177 e. The van der Waals surface area contributed by atoms with Gasteiger partial charge in [0, 0.05) is 12.8 Å². The normalized spacial score (nSPS) is 7.42. The van der Waals surface area contributed by atoms with E-state index in [1.165, 1.54) is 0 Å². The van der Waals surface area contributed by atoms with Crippen LogP contribution in [0.2, 0.25) is 0 Å². The highest BCUT2D eigenvalue weighted by Gasteiger charge is 1.80. The predicted molar refractivity (Wildman–Crippen MR) is 50.1 cm³/mol. The Kier molecular flexibility index (Phi) is 14.3. The van der Waals surface area contributed by atoms with Gasteiger partial charge in [-0.15, -0.1) is 0 Å². The maximum atomic E-state index is 9.56. The Morgan fingerprint density at radius 3 is 1.83 bits per heavy atom. The quantitative estimate of drug-likeness (QED) is 0.178. The van der Waals surface area contributed by atoms with Crippen molar-refractivity contribution in [2.24, 2.45) is 11.6 Å². The zero-order chi connectivity index (χ0) is 9.82. The predicted octanol–water partition coefficient (Wildman–Crippen LogP) is -0.752. The van der Waals surface area contributed by atoms with E-state index in [4.69, 9.17) is 5.73 Å². The summed E-state index contributed by atoms with van der Waals surface area (Å²) in [5, 5.41) is 0.116. The lowest BCUT2D eigenvalue weighted by molar-refractivity contribution is -0.108. The van der Waals surface area contributed by atoms with Gasteiger partial charge < -0.3 is 20.7 Å². The highest BCUT2D eigenvalue weighted by atomic mass is 32.1. The van der Waals surface area contributed by atoms with Crippen LogP contribution < -0.4 is 17.0 Å². The van der Waals surface area contributed by atoms with Gasteiger partial charge in [0.25, 0.3) is 0 Å². The number of hydrazine groups is 1. The highest BCUT2D eigenvalue weighted by molar-refractivity contribution is 7.80. The summed E-state index contributed by atoms with van der Waals surface area (Å²) in [6.45, 7) is 0. The van der Waals surface area contributed by atoms with Crippen molar-refractivity contribution >= 4 is 29.9 Å². The van der Waals surface area contributed by atoms with E-state index in [9.17, 15) is 9.59 Å². The zero-order valence-corrected chi connectivity index (χ0v) is 7.47. The van der Waals surface area contributed by atoms with Crippen LogP contribution in [0.4, 0.5) is 0 Å². The van der Waals surface area contributed by atoms with Gasteiger partial charge in [0.2, 0.25) is 0 Å². The van der Waals surface area contributed by atoms with Gasteiger partial charge in [0.05, 0.1) is 0 Å². The number of hydrogen-bond donors (Lipinski definition) is 3. The molecule has 0 aliphatic heterocycles. The lowest BCUT2D eigenvalue weighted by Crippen LogP contribution is -2.34. The van der Waals surface area contributed by atoms with E-state index in [0.717, 1.165) is 12.6 Å². The maximum absolute atomic E-state index is 9.56. The van der Waals surface area contributed by atoms with Crippen LogP contribution in [0.5, 0.6) is 0 Å². The minimum atomic E-state index is 0.116. The molecule has 0 spiro atoms. The Morgan fingerprint density at radius 1 is 1.33 bits per heavy atom. The molecule has 5 nitrogen and oxygen atoms in total. The van der Waals surface area contributed by atoms with Gasteiger partial charge in [-0.05, 0) is 18.6 Å². The molecule has 0 saturated heterocycles. The third-order valence-electron chi connectivity index (χ3n) is 0.786. The minimum absolute atomic E-state index is 0.116. The largest absolute Gasteiger partial charge is 0.375 e. The summed E-state index contributed by atoms with van der Waals surface area (Å²) in [6.07, 6.45) is 3.37. The molecule has 0 rings (SSSR count). The number of unbranched alkanes of at least 4 members (excludes halogenated alkanes) is 2. The second-order valence-electron chi connectivity index (χ2n) is 1.77. The fraction of sp³-hybridized carbons (Fsp3) is 0.500. The number of hydrogen-bond acceptors (Lipinski definition) is 4. The van der Waals surface area contributed by atoms with Crippen molar-refractivity contribution in [3.05, 3.63) is 0 Å². The molecule has 0 aliphatic carbocycles. The number of carbonyl (C=O) groups is 2. The summed E-state index contributed by atoms with van der Waals surface area (Å²) in [5.74, 6) is 4.66. The maximum Gasteiger partial charge on any atom is 0.177 e. The molecule has 6 heteroatoms. The molecule has 5 N–H and O–H groups in total. The number of rotatable bonds is 4. The molecule has 0 aromatic carbocycles. The minimum Gasteiger partial charge on any atom is -0.375 e. The van der Waals surface area contributed by atoms with E-state index in [-0.39, 0.29) is 5.11 Å². The number of thiocarbonyl (C=S) groups is 1. The van der Waals surface area contributed by atoms with Crippen molar-refractivity contribution in [2.45, 2.75) is 19.3 Å². The summed E-state index contributed by atoms with van der Waals surface area (Å²) in [4.78, 5) is 19.1. The first-order valence-electron chi connectivity index (χ1n) is 3.32. The lowest BCUT2D eigenvalue weighted by atomic mass is 10.3. The molecule has 0 amide bonds. The van der Waals surface area contributed by atoms with Gasteiger partial charge in [0.1, 0.15) is 12.6 Å². The van der Waals surface area contributed by atoms with Gasteiger partial charge in [0.15, 0.2) is 5.11 Å². The Labute approximate surface area is 76.5 Å². The van der Waals surface area contributed by atoms with Crippen molar-refractivity contribution in [3.63, 3.8) is 0 Å². The van der Waals surface area contributed by atoms with Crippen LogP contribution in [-0.2, 0) is 9.59 Å². The first-order valence-corrected chi connectivity index (χ1v) is 3.73. The third kappa shape index (κ3) is 23.0. The van der Waals surface area contributed by atoms with Crippen molar-refractivity contribution in [1.29, 1.82) is 0 Å². The van der Waals surface area contributed by atoms with E-state index in [1.807, 2.05) is 5.43 Å². The van der Waals surface area contributed by atoms with Crippen LogP contribution >= 0.6 is 12.2 Å². The van der Waals surface area contributed by atoms with E-state index >= 15 is 0 Å². The van der Waals surface area contributed by atoms with Crippen molar-refractivity contribution < 1.29 is 9.59 Å². The molecule has 0 heterocycles. The Morgan fingerprint density at radius 2 is 1.67 bits per heavy atom. The van der Waals surface area contributed by atoms with Gasteiger partial charge in [-0.1, -0.05) is 0 Å². The molecular weight excluding hydrogens is 178 g/mol. The van der Waals surface area contributed by atoms with Crippen molar-refractivity contribution in [2.75, 3.05) is 0 Å². The van der Waals surface area contributed by atoms with E-state index in [2.05, 4.69) is 18.1 Å². The number of carbonyl (C=O) groups excluding carboxylic acids is 2. The molecule has 0 bridgehead atoms. The van der Waals surface area contributed by atoms with Crippen LogP contribution in [0.15, 0.2) is 0 Å². The van der Waals surface area contributed by atoms with Crippen molar-refractivity contribution in [1.82, 2.24) is 5.43 Å². The molecule has 0 fully saturated rings. The molecule has 0 radical (unpaired) electrons. The summed E-state index contributed by atoms with van der Waals surface area (Å²) in [5.41, 5.74) is 6.82. The first kappa shape index (κ1) is 13.6. The molecule has 0 atom stereocenters. The van der Waals surface area contributed by atoms with Gasteiger partial charge in [-0.2, -0.15) is 0 Å². The molecule has 0 aromatic rings. The summed E-state index contributed by atoms with van der Waals surface area (Å²) < 4.78 is 0. The molecule has 70 valence electrons. The van der Waals surface area contributed by atoms with Crippen LogP contribution in [0.1, 0.15) is 19.3 Å². The first-order chi connectivity index (χ1) is 5.68. The standard InChI is InChI=1S/C5H8O2.CH5N3S/c6-4-2-1-3-5-7;2-1(5)4-3/h4-5H,1-3H2;3H2,(H3,2,4,5). The van der Waals surface area contributed by atoms with Crippen LogP contribution in [-0.4, -0.2) is 17.7 Å². The fourth-order valence-electron chi connectivity index (χ4n) is 0.285. The SMILES string of the molecule is NNC(N)=S.O=CCCCC=O. The Bertz CT molecular complexity index is 133. The third-order valence-corrected chi connectivity index (χ3v) is 0.904. The molecule has 0 aromatic heterocycles. The molecule has 0 unspecified atom stereocenters. The summed E-state index contributed by atoms with van der Waals surface area (Å²) >= 11 is 4.24. The van der Waals surface area contributed by atoms with Crippen LogP contribution in [0.3, 0.4) is 0 Å². The second kappa shape index (κ2) is 12.6. The van der Waals surface area contributed by atoms with Gasteiger partial charge in [-0.25, -0.2) is 5.84 Å². The average molecular weight is 191 g/mol. The topological polar surface area (TPSA) is 98.2 Å². The Balaban J connectivity index is 0. The number of nitrogens with two attached hydrogens (primary N) is 2. The summed E-state index contributed by atoms with van der Waals surface area (Å²) in [6, 6.07) is 0. The number of nitrogens with one attached hydrogen (secondary N) is 1. The summed E-state index contributed by atoms with van der Waals surface area (Å²) in [7, 11) is 0. The second-order valence-corrected chi connectivity index (χ2v) is 2.21. The molecule has 0 aliphatic rings. The Hall–Kier alpha value is -1.01. The highest BCUT2D eigenvalue weighted by Crippen LogP contribution is 1.85. The average Bonchev–Trinajstić information content (AvgIpc) is 2.07. The monoisotopic (exact) mass is 191 g/mol. The van der Waals surface area contributed by atoms with Gasteiger partial charge >= 0.3 is 0 Å². The van der Waals surface area contributed by atoms with E-state index < -0.39 is 0 Å². The lowest BCUT2D eigenvalue weighted by Gasteiger charge is -1.85. The van der Waals surface area contributed by atoms with E-state index in [1.54, 1.807) is 0 Å². The fourth-order valence-corrected chi connectivity index (χ4v) is 0.285. The zero-order valence-electron chi connectivity index (χ0n) is 6.66. The van der Waals surface area contributed by atoms with E-state index in [0.29, 0.717) is 19.3 Å². The molecule has 12 heavy (non-hydrogen) atoms. The van der Waals surface area contributed by atoms with Crippen LogP contribution in [0, 0.1) is 0 Å². The van der Waals surface area contributed by atoms with Crippen molar-refractivity contribution in [3.8, 4) is 0 Å². The van der Waals surface area contributed by atoms with Crippen LogP contribution in [0.25, 0.3) is 0 Å². The number of aldehydes is 2. The molecular formula is C6H13N3O2S. The van der Waals surface area contributed by atoms with Gasteiger partial charge in [-0.3, -0.25) is 0 Å². The molecule has 0 saturated carbocycles.